The predicted molar refractivity (Wildman–Crippen MR) is 89.3 cm³/mol. The molecule has 1 heterocycles. The van der Waals surface area contributed by atoms with Crippen LogP contribution < -0.4 is 15.6 Å². The molecule has 0 spiro atoms. The van der Waals surface area contributed by atoms with Gasteiger partial charge in [0, 0.05) is 5.69 Å². The number of benzene rings is 1. The van der Waals surface area contributed by atoms with Crippen molar-refractivity contribution in [3.8, 4) is 5.75 Å². The van der Waals surface area contributed by atoms with Crippen LogP contribution in [0.1, 0.15) is 23.9 Å². The van der Waals surface area contributed by atoms with Crippen molar-refractivity contribution in [2.24, 2.45) is 0 Å². The van der Waals surface area contributed by atoms with E-state index in [4.69, 9.17) is 4.74 Å². The van der Waals surface area contributed by atoms with Gasteiger partial charge in [0.05, 0.1) is 5.69 Å². The Bertz CT molecular complexity index is 722. The molecule has 128 valence electrons. The number of amides is 2. The van der Waals surface area contributed by atoms with Gasteiger partial charge in [0.2, 0.25) is 0 Å². The molecule has 0 bridgehead atoms. The molecule has 1 unspecified atom stereocenters. The summed E-state index contributed by atoms with van der Waals surface area (Å²) in [5.74, 6) is -0.202. The number of hydrazine groups is 1. The van der Waals surface area contributed by atoms with Crippen molar-refractivity contribution in [3.63, 3.8) is 0 Å². The summed E-state index contributed by atoms with van der Waals surface area (Å²) >= 11 is 0. The summed E-state index contributed by atoms with van der Waals surface area (Å²) in [6.07, 6.45) is -0.735. The van der Waals surface area contributed by atoms with E-state index in [2.05, 4.69) is 16.0 Å². The maximum atomic E-state index is 12.0. The van der Waals surface area contributed by atoms with E-state index < -0.39 is 12.0 Å². The summed E-state index contributed by atoms with van der Waals surface area (Å²) in [5.41, 5.74) is 7.54. The van der Waals surface area contributed by atoms with Crippen LogP contribution in [0, 0.1) is 20.8 Å². The van der Waals surface area contributed by atoms with E-state index in [1.54, 1.807) is 23.7 Å². The Labute approximate surface area is 141 Å². The molecular weight excluding hydrogens is 308 g/mol. The number of hydrogen-bond acceptors (Lipinski definition) is 4. The summed E-state index contributed by atoms with van der Waals surface area (Å²) in [6.45, 7) is 7.34. The average Bonchev–Trinajstić information content (AvgIpc) is 2.84. The highest BCUT2D eigenvalue weighted by Crippen LogP contribution is 2.13. The Hall–Kier alpha value is -2.83. The molecule has 0 aliphatic rings. The Balaban J connectivity index is 1.80. The molecule has 24 heavy (non-hydrogen) atoms. The molecule has 0 aliphatic carbocycles. The number of nitrogens with zero attached hydrogens (tertiary/aromatic N) is 2. The van der Waals surface area contributed by atoms with Crippen molar-refractivity contribution >= 4 is 11.8 Å². The smallest absolute Gasteiger partial charge is 0.279 e. The quantitative estimate of drug-likeness (QED) is 0.812. The first-order valence-corrected chi connectivity index (χ1v) is 7.68. The second kappa shape index (κ2) is 7.63. The monoisotopic (exact) mass is 330 g/mol. The zero-order valence-electron chi connectivity index (χ0n) is 14.3. The number of aromatic nitrogens is 2. The molecule has 0 aliphatic heterocycles. The van der Waals surface area contributed by atoms with Gasteiger partial charge in [-0.05, 0) is 45.9 Å². The van der Waals surface area contributed by atoms with Crippen molar-refractivity contribution in [3.05, 3.63) is 47.3 Å². The van der Waals surface area contributed by atoms with E-state index >= 15 is 0 Å². The average molecular weight is 330 g/mol. The largest absolute Gasteiger partial charge is 0.481 e. The van der Waals surface area contributed by atoms with Crippen molar-refractivity contribution in [2.75, 3.05) is 0 Å². The van der Waals surface area contributed by atoms with Crippen molar-refractivity contribution in [1.82, 2.24) is 20.6 Å². The first kappa shape index (κ1) is 17.5. The van der Waals surface area contributed by atoms with Gasteiger partial charge < -0.3 is 4.74 Å². The van der Waals surface area contributed by atoms with Crippen LogP contribution in [-0.4, -0.2) is 27.7 Å². The fraction of sp³-hybridized carbons (Fsp3) is 0.353. The van der Waals surface area contributed by atoms with E-state index in [-0.39, 0.29) is 12.5 Å². The van der Waals surface area contributed by atoms with Gasteiger partial charge in [-0.25, -0.2) is 0 Å². The third-order valence-corrected chi connectivity index (χ3v) is 3.42. The molecule has 1 aromatic carbocycles. The summed E-state index contributed by atoms with van der Waals surface area (Å²) in [6, 6.07) is 9.26. The molecule has 0 saturated carbocycles. The molecule has 7 heteroatoms. The minimum Gasteiger partial charge on any atom is -0.481 e. The first-order chi connectivity index (χ1) is 11.3. The number of carbonyl (C=O) groups is 2. The lowest BCUT2D eigenvalue weighted by Gasteiger charge is -2.15. The molecule has 7 nitrogen and oxygen atoms in total. The van der Waals surface area contributed by atoms with Crippen LogP contribution in [0.3, 0.4) is 0 Å². The van der Waals surface area contributed by atoms with E-state index in [0.717, 1.165) is 17.0 Å². The number of ether oxygens (including phenoxy) is 1. The Morgan fingerprint density at radius 1 is 1.17 bits per heavy atom. The zero-order valence-corrected chi connectivity index (χ0v) is 14.3. The van der Waals surface area contributed by atoms with Gasteiger partial charge >= 0.3 is 0 Å². The highest BCUT2D eigenvalue weighted by Gasteiger charge is 2.16. The SMILES string of the molecule is Cc1ccc(OC(C)C(=O)NNC(=O)Cn2nc(C)cc2C)cc1. The van der Waals surface area contributed by atoms with E-state index in [1.807, 2.05) is 39.0 Å². The molecule has 0 fully saturated rings. The van der Waals surface area contributed by atoms with Gasteiger partial charge in [-0.3, -0.25) is 25.1 Å². The second-order valence-electron chi connectivity index (χ2n) is 5.70. The van der Waals surface area contributed by atoms with Gasteiger partial charge in [0.15, 0.2) is 6.10 Å². The lowest BCUT2D eigenvalue weighted by Crippen LogP contribution is -2.48. The van der Waals surface area contributed by atoms with Crippen LogP contribution in [0.4, 0.5) is 0 Å². The normalized spacial score (nSPS) is 11.7. The molecule has 0 saturated heterocycles. The maximum Gasteiger partial charge on any atom is 0.279 e. The third kappa shape index (κ3) is 4.84. The van der Waals surface area contributed by atoms with Crippen LogP contribution in [0.25, 0.3) is 0 Å². The van der Waals surface area contributed by atoms with Crippen LogP contribution in [-0.2, 0) is 16.1 Å². The molecule has 0 radical (unpaired) electrons. The van der Waals surface area contributed by atoms with E-state index in [9.17, 15) is 9.59 Å². The Morgan fingerprint density at radius 2 is 1.83 bits per heavy atom. The fourth-order valence-electron chi connectivity index (χ4n) is 2.12. The molecule has 2 amide bonds. The summed E-state index contributed by atoms with van der Waals surface area (Å²) in [4.78, 5) is 23.8. The highest BCUT2D eigenvalue weighted by molar-refractivity contribution is 5.84. The number of hydrogen-bond donors (Lipinski definition) is 2. The van der Waals surface area contributed by atoms with Gasteiger partial charge in [0.1, 0.15) is 12.3 Å². The van der Waals surface area contributed by atoms with Gasteiger partial charge in [-0.2, -0.15) is 5.10 Å². The summed E-state index contributed by atoms with van der Waals surface area (Å²) < 4.78 is 7.10. The van der Waals surface area contributed by atoms with E-state index in [0.29, 0.717) is 5.75 Å². The van der Waals surface area contributed by atoms with Gasteiger partial charge in [-0.15, -0.1) is 0 Å². The number of rotatable bonds is 5. The van der Waals surface area contributed by atoms with Gasteiger partial charge in [-0.1, -0.05) is 17.7 Å². The standard InChI is InChI=1S/C17H22N4O3/c1-11-5-7-15(8-6-11)24-14(4)17(23)19-18-16(22)10-21-13(3)9-12(2)20-21/h5-9,14H,10H2,1-4H3,(H,18,22)(H,19,23). The van der Waals surface area contributed by atoms with Crippen molar-refractivity contribution in [2.45, 2.75) is 40.3 Å². The van der Waals surface area contributed by atoms with Crippen molar-refractivity contribution < 1.29 is 14.3 Å². The molecule has 1 atom stereocenters. The summed E-state index contributed by atoms with van der Waals surface area (Å²) in [5, 5.41) is 4.19. The minimum atomic E-state index is -0.735. The lowest BCUT2D eigenvalue weighted by molar-refractivity contribution is -0.133. The molecule has 2 aromatic rings. The maximum absolute atomic E-state index is 12.0. The molecule has 1 aromatic heterocycles. The zero-order chi connectivity index (χ0) is 17.7. The predicted octanol–water partition coefficient (Wildman–Crippen LogP) is 1.42. The fourth-order valence-corrected chi connectivity index (χ4v) is 2.12. The second-order valence-corrected chi connectivity index (χ2v) is 5.70. The Morgan fingerprint density at radius 3 is 2.42 bits per heavy atom. The number of carbonyl (C=O) groups excluding carboxylic acids is 2. The van der Waals surface area contributed by atoms with Crippen LogP contribution in [0.15, 0.2) is 30.3 Å². The van der Waals surface area contributed by atoms with Crippen LogP contribution >= 0.6 is 0 Å². The summed E-state index contributed by atoms with van der Waals surface area (Å²) in [7, 11) is 0. The third-order valence-electron chi connectivity index (χ3n) is 3.42. The molecular formula is C17H22N4O3. The number of aryl methyl sites for hydroxylation is 3. The van der Waals surface area contributed by atoms with Gasteiger partial charge in [0.25, 0.3) is 11.8 Å². The minimum absolute atomic E-state index is 0.0349. The lowest BCUT2D eigenvalue weighted by atomic mass is 10.2. The van der Waals surface area contributed by atoms with Crippen LogP contribution in [0.5, 0.6) is 5.75 Å². The topological polar surface area (TPSA) is 85.3 Å². The van der Waals surface area contributed by atoms with E-state index in [1.165, 1.54) is 0 Å². The highest BCUT2D eigenvalue weighted by atomic mass is 16.5. The van der Waals surface area contributed by atoms with Crippen molar-refractivity contribution in [1.29, 1.82) is 0 Å². The number of nitrogens with one attached hydrogen (secondary N) is 2. The Kier molecular flexibility index (Phi) is 5.57. The molecule has 2 rings (SSSR count). The van der Waals surface area contributed by atoms with Crippen LogP contribution in [0.2, 0.25) is 0 Å². The first-order valence-electron chi connectivity index (χ1n) is 7.68. The molecule has 2 N–H and O–H groups in total.